The van der Waals surface area contributed by atoms with Crippen LogP contribution in [0.4, 0.5) is 0 Å². The van der Waals surface area contributed by atoms with Gasteiger partial charge in [-0.25, -0.2) is 0 Å². The van der Waals surface area contributed by atoms with Gasteiger partial charge in [0.2, 0.25) is 0 Å². The summed E-state index contributed by atoms with van der Waals surface area (Å²) >= 11 is 0. The highest BCUT2D eigenvalue weighted by atomic mass is 15.3. The van der Waals surface area contributed by atoms with E-state index < -0.39 is 0 Å². The van der Waals surface area contributed by atoms with Crippen LogP contribution >= 0.6 is 0 Å². The number of hydrogen-bond acceptors (Lipinski definition) is 3. The molecule has 1 unspecified atom stereocenters. The fraction of sp³-hybridized carbons (Fsp3) is 0.467. The predicted molar refractivity (Wildman–Crippen MR) is 77.1 cm³/mol. The molecule has 0 aliphatic carbocycles. The molecule has 0 radical (unpaired) electrons. The highest BCUT2D eigenvalue weighted by molar-refractivity contribution is 5.33. The van der Waals surface area contributed by atoms with E-state index in [0.29, 0.717) is 0 Å². The molecule has 0 fully saturated rings. The third kappa shape index (κ3) is 3.01. The van der Waals surface area contributed by atoms with Crippen LogP contribution in [0.1, 0.15) is 41.8 Å². The summed E-state index contributed by atoms with van der Waals surface area (Å²) in [5.41, 5.74) is 4.80. The molecule has 0 saturated heterocycles. The van der Waals surface area contributed by atoms with E-state index in [9.17, 15) is 0 Å². The Balaban J connectivity index is 2.38. The van der Waals surface area contributed by atoms with Crippen molar-refractivity contribution in [3.8, 4) is 0 Å². The van der Waals surface area contributed by atoms with Crippen molar-refractivity contribution in [1.29, 1.82) is 0 Å². The van der Waals surface area contributed by atoms with Crippen LogP contribution in [0.3, 0.4) is 0 Å². The van der Waals surface area contributed by atoms with Gasteiger partial charge >= 0.3 is 0 Å². The Morgan fingerprint density at radius 3 is 2.63 bits per heavy atom. The van der Waals surface area contributed by atoms with E-state index in [0.717, 1.165) is 13.0 Å². The van der Waals surface area contributed by atoms with Crippen LogP contribution in [0.25, 0.3) is 0 Å². The highest BCUT2D eigenvalue weighted by Crippen LogP contribution is 2.24. The molecule has 2 heterocycles. The lowest BCUT2D eigenvalue weighted by Crippen LogP contribution is -2.24. The van der Waals surface area contributed by atoms with Gasteiger partial charge in [-0.15, -0.1) is 0 Å². The molecular formula is C15H22N4. The minimum Gasteiger partial charge on any atom is -0.306 e. The smallest absolute Gasteiger partial charge is 0.0625 e. The van der Waals surface area contributed by atoms with Crippen molar-refractivity contribution < 1.29 is 0 Å². The number of aryl methyl sites for hydroxylation is 2. The zero-order valence-corrected chi connectivity index (χ0v) is 12.1. The fourth-order valence-electron chi connectivity index (χ4n) is 2.23. The van der Waals surface area contributed by atoms with Crippen molar-refractivity contribution in [2.75, 3.05) is 6.54 Å². The molecule has 1 N–H and O–H groups in total. The molecule has 1 atom stereocenters. The van der Waals surface area contributed by atoms with Crippen LogP contribution in [0.5, 0.6) is 0 Å². The molecule has 0 aliphatic heterocycles. The van der Waals surface area contributed by atoms with Crippen molar-refractivity contribution in [3.63, 3.8) is 0 Å². The Morgan fingerprint density at radius 2 is 2.05 bits per heavy atom. The summed E-state index contributed by atoms with van der Waals surface area (Å²) in [5, 5.41) is 7.94. The van der Waals surface area contributed by atoms with Gasteiger partial charge in [-0.05, 0) is 37.9 Å². The quantitative estimate of drug-likeness (QED) is 0.896. The molecule has 0 aromatic carbocycles. The zero-order valence-electron chi connectivity index (χ0n) is 12.1. The number of nitrogens with zero attached hydrogens (tertiary/aromatic N) is 3. The average molecular weight is 258 g/mol. The maximum atomic E-state index is 4.35. The summed E-state index contributed by atoms with van der Waals surface area (Å²) in [6, 6.07) is 2.35. The number of rotatable bonds is 5. The van der Waals surface area contributed by atoms with Gasteiger partial charge in [-0.1, -0.05) is 13.0 Å². The summed E-state index contributed by atoms with van der Waals surface area (Å²) in [7, 11) is 1.98. The number of pyridine rings is 1. The van der Waals surface area contributed by atoms with Gasteiger partial charge in [-0.2, -0.15) is 5.10 Å². The Morgan fingerprint density at radius 1 is 1.26 bits per heavy atom. The largest absolute Gasteiger partial charge is 0.306 e. The highest BCUT2D eigenvalue weighted by Gasteiger charge is 2.18. The molecule has 4 nitrogen and oxygen atoms in total. The third-order valence-electron chi connectivity index (χ3n) is 3.41. The van der Waals surface area contributed by atoms with Crippen molar-refractivity contribution in [3.05, 3.63) is 47.0 Å². The Bertz CT molecular complexity index is 545. The first-order valence-corrected chi connectivity index (χ1v) is 6.77. The molecule has 0 bridgehead atoms. The SMILES string of the molecule is CCCNC(c1cncc(C)c1)c1cnn(C)c1C. The zero-order chi connectivity index (χ0) is 13.8. The van der Waals surface area contributed by atoms with E-state index in [1.54, 1.807) is 0 Å². The number of nitrogens with one attached hydrogen (secondary N) is 1. The van der Waals surface area contributed by atoms with E-state index in [-0.39, 0.29) is 6.04 Å². The van der Waals surface area contributed by atoms with E-state index >= 15 is 0 Å². The lowest BCUT2D eigenvalue weighted by molar-refractivity contribution is 0.592. The van der Waals surface area contributed by atoms with Gasteiger partial charge in [0.05, 0.1) is 12.2 Å². The van der Waals surface area contributed by atoms with Gasteiger partial charge < -0.3 is 5.32 Å². The molecule has 2 aromatic rings. The topological polar surface area (TPSA) is 42.7 Å². The second-order valence-electron chi connectivity index (χ2n) is 4.99. The molecule has 4 heteroatoms. The Kier molecular flexibility index (Phi) is 4.32. The molecule has 0 saturated carbocycles. The molecular weight excluding hydrogens is 236 g/mol. The number of aromatic nitrogens is 3. The summed E-state index contributed by atoms with van der Waals surface area (Å²) in [4.78, 5) is 4.31. The van der Waals surface area contributed by atoms with Crippen molar-refractivity contribution >= 4 is 0 Å². The van der Waals surface area contributed by atoms with Crippen molar-refractivity contribution in [1.82, 2.24) is 20.1 Å². The van der Waals surface area contributed by atoms with Gasteiger partial charge in [0.1, 0.15) is 0 Å². The minimum atomic E-state index is 0.168. The van der Waals surface area contributed by atoms with Crippen LogP contribution in [-0.4, -0.2) is 21.3 Å². The summed E-state index contributed by atoms with van der Waals surface area (Å²) in [6.45, 7) is 7.33. The standard InChI is InChI=1S/C15H22N4/c1-5-6-17-15(13-7-11(2)8-16-9-13)14-10-18-19(4)12(14)3/h7-10,15,17H,5-6H2,1-4H3. The van der Waals surface area contributed by atoms with Crippen LogP contribution in [-0.2, 0) is 7.05 Å². The first-order chi connectivity index (χ1) is 9.13. The monoisotopic (exact) mass is 258 g/mol. The molecule has 2 rings (SSSR count). The molecule has 102 valence electrons. The first kappa shape index (κ1) is 13.7. The second kappa shape index (κ2) is 5.97. The van der Waals surface area contributed by atoms with Crippen molar-refractivity contribution in [2.45, 2.75) is 33.2 Å². The lowest BCUT2D eigenvalue weighted by atomic mass is 10.00. The molecule has 0 aliphatic rings. The van der Waals surface area contributed by atoms with Gasteiger partial charge in [0.25, 0.3) is 0 Å². The van der Waals surface area contributed by atoms with Crippen LogP contribution in [0.2, 0.25) is 0 Å². The summed E-state index contributed by atoms with van der Waals surface area (Å²) in [5.74, 6) is 0. The minimum absolute atomic E-state index is 0.168. The lowest BCUT2D eigenvalue weighted by Gasteiger charge is -2.19. The van der Waals surface area contributed by atoms with Gasteiger partial charge in [0.15, 0.2) is 0 Å². The van der Waals surface area contributed by atoms with Crippen molar-refractivity contribution in [2.24, 2.45) is 7.05 Å². The molecule has 0 spiro atoms. The van der Waals surface area contributed by atoms with E-state index in [4.69, 9.17) is 0 Å². The fourth-order valence-corrected chi connectivity index (χ4v) is 2.23. The van der Waals surface area contributed by atoms with Crippen LogP contribution in [0, 0.1) is 13.8 Å². The second-order valence-corrected chi connectivity index (χ2v) is 4.99. The Labute approximate surface area is 114 Å². The van der Waals surface area contributed by atoms with Crippen LogP contribution in [0.15, 0.2) is 24.7 Å². The molecule has 0 amide bonds. The molecule has 2 aromatic heterocycles. The first-order valence-electron chi connectivity index (χ1n) is 6.77. The number of hydrogen-bond donors (Lipinski definition) is 1. The average Bonchev–Trinajstić information content (AvgIpc) is 2.72. The van der Waals surface area contributed by atoms with E-state index in [1.807, 2.05) is 30.3 Å². The van der Waals surface area contributed by atoms with E-state index in [1.165, 1.54) is 22.4 Å². The molecule has 19 heavy (non-hydrogen) atoms. The Hall–Kier alpha value is -1.68. The third-order valence-corrected chi connectivity index (χ3v) is 3.41. The van der Waals surface area contributed by atoms with Gasteiger partial charge in [-0.3, -0.25) is 9.67 Å². The van der Waals surface area contributed by atoms with Crippen LogP contribution < -0.4 is 5.32 Å². The maximum Gasteiger partial charge on any atom is 0.0625 e. The van der Waals surface area contributed by atoms with Gasteiger partial charge in [0, 0.05) is 30.7 Å². The maximum absolute atomic E-state index is 4.35. The predicted octanol–water partition coefficient (Wildman–Crippen LogP) is 2.52. The summed E-state index contributed by atoms with van der Waals surface area (Å²) < 4.78 is 1.92. The normalized spacial score (nSPS) is 12.6. The van der Waals surface area contributed by atoms with E-state index in [2.05, 4.69) is 42.2 Å². The summed E-state index contributed by atoms with van der Waals surface area (Å²) in [6.07, 6.45) is 6.88.